The van der Waals surface area contributed by atoms with Gasteiger partial charge in [-0.2, -0.15) is 8.78 Å². The minimum absolute atomic E-state index is 0.0788. The highest BCUT2D eigenvalue weighted by molar-refractivity contribution is 5.67. The van der Waals surface area contributed by atoms with E-state index in [2.05, 4.69) is 6.58 Å². The molecule has 2 nitrogen and oxygen atoms in total. The summed E-state index contributed by atoms with van der Waals surface area (Å²) in [6.07, 6.45) is 4.44. The van der Waals surface area contributed by atoms with Gasteiger partial charge >= 0.3 is 0 Å². The summed E-state index contributed by atoms with van der Waals surface area (Å²) in [6.45, 7) is 5.89. The van der Waals surface area contributed by atoms with Crippen LogP contribution in [0.5, 0.6) is 11.5 Å². The molecule has 3 aromatic rings. The molecule has 184 valence electrons. The van der Waals surface area contributed by atoms with Crippen molar-refractivity contribution in [3.8, 4) is 22.6 Å². The van der Waals surface area contributed by atoms with Crippen molar-refractivity contribution < 1.29 is 27.0 Å². The summed E-state index contributed by atoms with van der Waals surface area (Å²) in [4.78, 5) is 0. The van der Waals surface area contributed by atoms with Crippen molar-refractivity contribution in [2.75, 3.05) is 13.2 Å². The molecule has 6 heteroatoms. The lowest BCUT2D eigenvalue weighted by atomic mass is 9.79. The van der Waals surface area contributed by atoms with Gasteiger partial charge in [-0.05, 0) is 79.3 Å². The first-order valence-electron chi connectivity index (χ1n) is 11.9. The van der Waals surface area contributed by atoms with E-state index in [4.69, 9.17) is 9.47 Å². The molecule has 0 amide bonds. The quantitative estimate of drug-likeness (QED) is 0.299. The second-order valence-corrected chi connectivity index (χ2v) is 8.81. The molecule has 0 heterocycles. The minimum Gasteiger partial charge on any atom is -0.491 e. The highest BCUT2D eigenvalue weighted by atomic mass is 19.2. The van der Waals surface area contributed by atoms with Gasteiger partial charge in [0.25, 0.3) is 0 Å². The fraction of sp³-hybridized carbons (Fsp3) is 0.310. The van der Waals surface area contributed by atoms with Crippen molar-refractivity contribution in [1.82, 2.24) is 0 Å². The number of rotatable bonds is 8. The lowest BCUT2D eigenvalue weighted by Crippen LogP contribution is -2.20. The van der Waals surface area contributed by atoms with Crippen molar-refractivity contribution in [1.29, 1.82) is 0 Å². The van der Waals surface area contributed by atoms with Crippen LogP contribution in [-0.4, -0.2) is 13.2 Å². The Hall–Kier alpha value is -3.28. The van der Waals surface area contributed by atoms with Crippen molar-refractivity contribution in [3.05, 3.63) is 89.5 Å². The Morgan fingerprint density at radius 2 is 1.40 bits per heavy atom. The predicted molar refractivity (Wildman–Crippen MR) is 130 cm³/mol. The van der Waals surface area contributed by atoms with Gasteiger partial charge in [0.05, 0.1) is 13.2 Å². The van der Waals surface area contributed by atoms with Crippen LogP contribution in [0.15, 0.2) is 55.1 Å². The van der Waals surface area contributed by atoms with Crippen LogP contribution in [0.1, 0.15) is 49.7 Å². The van der Waals surface area contributed by atoms with Gasteiger partial charge in [-0.15, -0.1) is 0 Å². The number of benzene rings is 3. The van der Waals surface area contributed by atoms with E-state index in [0.717, 1.165) is 18.4 Å². The molecule has 0 N–H and O–H groups in total. The fourth-order valence-corrected chi connectivity index (χ4v) is 4.64. The molecule has 0 saturated heterocycles. The molecule has 0 unspecified atom stereocenters. The molecule has 0 aliphatic heterocycles. The number of ether oxygens (including phenoxy) is 2. The molecule has 0 spiro atoms. The van der Waals surface area contributed by atoms with E-state index in [0.29, 0.717) is 24.0 Å². The summed E-state index contributed by atoms with van der Waals surface area (Å²) in [5.74, 6) is -3.96. The third-order valence-electron chi connectivity index (χ3n) is 6.64. The smallest absolute Gasteiger partial charge is 0.201 e. The zero-order valence-corrected chi connectivity index (χ0v) is 19.6. The zero-order chi connectivity index (χ0) is 24.9. The summed E-state index contributed by atoms with van der Waals surface area (Å²) in [5.41, 5.74) is 1.97. The topological polar surface area (TPSA) is 18.5 Å². The Balaban J connectivity index is 1.36. The van der Waals surface area contributed by atoms with Crippen LogP contribution >= 0.6 is 0 Å². The summed E-state index contributed by atoms with van der Waals surface area (Å²) >= 11 is 0. The van der Waals surface area contributed by atoms with E-state index < -0.39 is 23.3 Å². The standard InChI is InChI=1S/C29H28F4O2/c1-3-18-5-9-20(10-6-18)23-14-16-25(29(33)27(23)31)35-17-19-7-11-21(12-8-19)22-13-15-24(34-4-2)28(32)26(22)30/h3,5-6,9-10,13-16,19,21H,1,4,7-8,11-12,17H2,2H3. The Bertz CT molecular complexity index is 1180. The van der Waals surface area contributed by atoms with Gasteiger partial charge in [0.2, 0.25) is 11.6 Å². The first kappa shape index (κ1) is 24.8. The van der Waals surface area contributed by atoms with Crippen LogP contribution in [0, 0.1) is 29.2 Å². The average Bonchev–Trinajstić information content (AvgIpc) is 2.88. The van der Waals surface area contributed by atoms with E-state index in [1.807, 2.05) is 0 Å². The van der Waals surface area contributed by atoms with E-state index in [-0.39, 0.29) is 42.1 Å². The molecule has 1 aliphatic rings. The molecule has 1 aliphatic carbocycles. The molecular formula is C29H28F4O2. The average molecular weight is 485 g/mol. The van der Waals surface area contributed by atoms with Crippen LogP contribution in [0.3, 0.4) is 0 Å². The zero-order valence-electron chi connectivity index (χ0n) is 19.6. The summed E-state index contributed by atoms with van der Waals surface area (Å²) in [7, 11) is 0. The Kier molecular flexibility index (Phi) is 7.79. The first-order chi connectivity index (χ1) is 16.9. The first-order valence-corrected chi connectivity index (χ1v) is 11.9. The van der Waals surface area contributed by atoms with Crippen LogP contribution < -0.4 is 9.47 Å². The highest BCUT2D eigenvalue weighted by Crippen LogP contribution is 2.39. The molecule has 4 rings (SSSR count). The van der Waals surface area contributed by atoms with Gasteiger partial charge in [0.1, 0.15) is 0 Å². The monoisotopic (exact) mass is 484 g/mol. The van der Waals surface area contributed by atoms with Crippen LogP contribution in [0.25, 0.3) is 17.2 Å². The van der Waals surface area contributed by atoms with Gasteiger partial charge in [0, 0.05) is 5.56 Å². The van der Waals surface area contributed by atoms with Crippen LogP contribution in [0.4, 0.5) is 17.6 Å². The van der Waals surface area contributed by atoms with E-state index in [1.165, 1.54) is 18.2 Å². The van der Waals surface area contributed by atoms with Crippen molar-refractivity contribution in [2.24, 2.45) is 5.92 Å². The van der Waals surface area contributed by atoms with Gasteiger partial charge in [-0.25, -0.2) is 8.78 Å². The van der Waals surface area contributed by atoms with Crippen LogP contribution in [0.2, 0.25) is 0 Å². The summed E-state index contributed by atoms with van der Waals surface area (Å²) in [5, 5.41) is 0. The molecule has 3 aromatic carbocycles. The maximum absolute atomic E-state index is 14.7. The maximum Gasteiger partial charge on any atom is 0.201 e. The lowest BCUT2D eigenvalue weighted by molar-refractivity contribution is 0.191. The minimum atomic E-state index is -1.02. The summed E-state index contributed by atoms with van der Waals surface area (Å²) < 4.78 is 69.0. The van der Waals surface area contributed by atoms with Gasteiger partial charge in [0.15, 0.2) is 23.1 Å². The molecule has 0 radical (unpaired) electrons. The molecule has 1 fully saturated rings. The number of hydrogen-bond donors (Lipinski definition) is 0. The second-order valence-electron chi connectivity index (χ2n) is 8.81. The Morgan fingerprint density at radius 1 is 0.771 bits per heavy atom. The SMILES string of the molecule is C=Cc1ccc(-c2ccc(OCC3CCC(c4ccc(OCC)c(F)c4F)CC3)c(F)c2F)cc1. The Morgan fingerprint density at radius 3 is 2.06 bits per heavy atom. The van der Waals surface area contributed by atoms with Crippen LogP contribution in [-0.2, 0) is 0 Å². The fourth-order valence-electron chi connectivity index (χ4n) is 4.64. The summed E-state index contributed by atoms with van der Waals surface area (Å²) in [6, 6.07) is 13.0. The third-order valence-corrected chi connectivity index (χ3v) is 6.64. The number of halogens is 4. The molecule has 0 atom stereocenters. The van der Waals surface area contributed by atoms with Crippen molar-refractivity contribution in [3.63, 3.8) is 0 Å². The largest absolute Gasteiger partial charge is 0.491 e. The molecule has 0 aromatic heterocycles. The molecular weight excluding hydrogens is 456 g/mol. The third kappa shape index (κ3) is 5.37. The molecule has 0 bridgehead atoms. The lowest BCUT2D eigenvalue weighted by Gasteiger charge is -2.29. The van der Waals surface area contributed by atoms with E-state index in [9.17, 15) is 17.6 Å². The van der Waals surface area contributed by atoms with Crippen molar-refractivity contribution in [2.45, 2.75) is 38.5 Å². The van der Waals surface area contributed by atoms with E-state index in [1.54, 1.807) is 43.3 Å². The van der Waals surface area contributed by atoms with Crippen molar-refractivity contribution >= 4 is 6.08 Å². The molecule has 1 saturated carbocycles. The van der Waals surface area contributed by atoms with E-state index >= 15 is 0 Å². The maximum atomic E-state index is 14.7. The predicted octanol–water partition coefficient (Wildman–Crippen LogP) is 8.30. The van der Waals surface area contributed by atoms with Gasteiger partial charge in [-0.3, -0.25) is 0 Å². The van der Waals surface area contributed by atoms with Gasteiger partial charge in [-0.1, -0.05) is 43.0 Å². The normalized spacial score (nSPS) is 17.7. The highest BCUT2D eigenvalue weighted by Gasteiger charge is 2.27. The molecule has 35 heavy (non-hydrogen) atoms. The van der Waals surface area contributed by atoms with Gasteiger partial charge < -0.3 is 9.47 Å². The number of hydrogen-bond acceptors (Lipinski definition) is 2. The Labute approximate surface area is 203 Å². The second kappa shape index (κ2) is 11.0.